The first kappa shape index (κ1) is 11.1. The Morgan fingerprint density at radius 1 is 1.06 bits per heavy atom. The lowest BCUT2D eigenvalue weighted by atomic mass is 10.2. The van der Waals surface area contributed by atoms with Gasteiger partial charge >= 0.3 is 0 Å². The van der Waals surface area contributed by atoms with E-state index in [1.165, 1.54) is 21.2 Å². The number of hydrogen-bond acceptors (Lipinski definition) is 3. The van der Waals surface area contributed by atoms with Crippen molar-refractivity contribution in [1.82, 2.24) is 0 Å². The van der Waals surface area contributed by atoms with Crippen molar-refractivity contribution in [2.24, 2.45) is 0 Å². The van der Waals surface area contributed by atoms with Gasteiger partial charge in [-0.1, -0.05) is 23.9 Å². The van der Waals surface area contributed by atoms with Crippen LogP contribution in [0.3, 0.4) is 0 Å². The fraction of sp³-hybridized carbons (Fsp3) is 0.143. The lowest BCUT2D eigenvalue weighted by Crippen LogP contribution is -2.19. The quantitative estimate of drug-likeness (QED) is 0.746. The highest BCUT2D eigenvalue weighted by atomic mass is 32.2. The van der Waals surface area contributed by atoms with Gasteiger partial charge in [0.25, 0.3) is 0 Å². The van der Waals surface area contributed by atoms with Gasteiger partial charge in [-0.05, 0) is 37.3 Å². The van der Waals surface area contributed by atoms with Crippen LogP contribution >= 0.6 is 24.4 Å². The smallest absolute Gasteiger partial charge is 0.0553 e. The minimum Gasteiger partial charge on any atom is -0.340 e. The summed E-state index contributed by atoms with van der Waals surface area (Å²) in [6.07, 6.45) is 0. The lowest BCUT2D eigenvalue weighted by molar-refractivity contribution is 0.975. The maximum absolute atomic E-state index is 4.42. The fourth-order valence-corrected chi connectivity index (χ4v) is 3.59. The van der Waals surface area contributed by atoms with Crippen LogP contribution < -0.4 is 4.90 Å². The van der Waals surface area contributed by atoms with Crippen LogP contribution in [0.2, 0.25) is 0 Å². The van der Waals surface area contributed by atoms with Gasteiger partial charge in [-0.15, -0.1) is 12.6 Å². The van der Waals surface area contributed by atoms with Crippen LogP contribution in [0.25, 0.3) is 0 Å². The van der Waals surface area contributed by atoms with Gasteiger partial charge in [-0.2, -0.15) is 0 Å². The molecule has 0 unspecified atom stereocenters. The Labute approximate surface area is 111 Å². The molecule has 0 spiro atoms. The highest BCUT2D eigenvalue weighted by Gasteiger charge is 2.21. The molecule has 0 aliphatic carbocycles. The molecular weight excluding hydrogens is 246 g/mol. The van der Waals surface area contributed by atoms with Crippen LogP contribution in [0.4, 0.5) is 11.4 Å². The van der Waals surface area contributed by atoms with Crippen molar-refractivity contribution < 1.29 is 0 Å². The van der Waals surface area contributed by atoms with E-state index < -0.39 is 0 Å². The highest BCUT2D eigenvalue weighted by molar-refractivity contribution is 7.99. The Bertz CT molecular complexity index is 566. The van der Waals surface area contributed by atoms with E-state index in [1.54, 1.807) is 0 Å². The summed E-state index contributed by atoms with van der Waals surface area (Å²) >= 11 is 6.24. The molecule has 86 valence electrons. The molecule has 0 bridgehead atoms. The van der Waals surface area contributed by atoms with E-state index in [0.29, 0.717) is 0 Å². The maximum atomic E-state index is 4.42. The van der Waals surface area contributed by atoms with Gasteiger partial charge in [-0.3, -0.25) is 0 Å². The number of para-hydroxylation sites is 1. The SMILES string of the molecule is CCN1c2ccccc2Sc2cc(S)ccc21. The van der Waals surface area contributed by atoms with Gasteiger partial charge in [0.1, 0.15) is 0 Å². The topological polar surface area (TPSA) is 3.24 Å². The molecule has 1 heterocycles. The number of rotatable bonds is 1. The fourth-order valence-electron chi connectivity index (χ4n) is 2.16. The first-order valence-corrected chi connectivity index (χ1v) is 6.93. The number of hydrogen-bond donors (Lipinski definition) is 1. The number of fused-ring (bicyclic) bond motifs is 2. The van der Waals surface area contributed by atoms with Crippen molar-refractivity contribution in [3.05, 3.63) is 42.5 Å². The zero-order chi connectivity index (χ0) is 11.8. The van der Waals surface area contributed by atoms with Crippen molar-refractivity contribution in [3.63, 3.8) is 0 Å². The third-order valence-electron chi connectivity index (χ3n) is 2.93. The van der Waals surface area contributed by atoms with E-state index in [4.69, 9.17) is 0 Å². The molecule has 0 radical (unpaired) electrons. The summed E-state index contributed by atoms with van der Waals surface area (Å²) in [6, 6.07) is 14.9. The summed E-state index contributed by atoms with van der Waals surface area (Å²) < 4.78 is 0. The second kappa shape index (κ2) is 4.31. The van der Waals surface area contributed by atoms with E-state index >= 15 is 0 Å². The van der Waals surface area contributed by atoms with E-state index in [1.807, 2.05) is 11.8 Å². The Morgan fingerprint density at radius 2 is 1.82 bits per heavy atom. The van der Waals surface area contributed by atoms with Gasteiger partial charge in [0, 0.05) is 21.2 Å². The van der Waals surface area contributed by atoms with Crippen molar-refractivity contribution in [2.45, 2.75) is 21.6 Å². The summed E-state index contributed by atoms with van der Waals surface area (Å²) in [5, 5.41) is 0. The minimum atomic E-state index is 0.983. The summed E-state index contributed by atoms with van der Waals surface area (Å²) in [5.74, 6) is 0. The van der Waals surface area contributed by atoms with E-state index in [2.05, 4.69) is 66.9 Å². The largest absolute Gasteiger partial charge is 0.340 e. The van der Waals surface area contributed by atoms with Crippen LogP contribution in [0, 0.1) is 0 Å². The number of nitrogens with zero attached hydrogens (tertiary/aromatic N) is 1. The van der Waals surface area contributed by atoms with Crippen LogP contribution in [-0.4, -0.2) is 6.54 Å². The molecule has 17 heavy (non-hydrogen) atoms. The van der Waals surface area contributed by atoms with Crippen molar-refractivity contribution in [3.8, 4) is 0 Å². The molecular formula is C14H13NS2. The Hall–Kier alpha value is -1.06. The molecule has 0 atom stereocenters. The van der Waals surface area contributed by atoms with E-state index in [-0.39, 0.29) is 0 Å². The monoisotopic (exact) mass is 259 g/mol. The van der Waals surface area contributed by atoms with Crippen molar-refractivity contribution in [2.75, 3.05) is 11.4 Å². The average Bonchev–Trinajstić information content (AvgIpc) is 2.35. The molecule has 1 nitrogen and oxygen atoms in total. The lowest BCUT2D eigenvalue weighted by Gasteiger charge is -2.31. The van der Waals surface area contributed by atoms with Crippen molar-refractivity contribution >= 4 is 35.8 Å². The maximum Gasteiger partial charge on any atom is 0.0553 e. The minimum absolute atomic E-state index is 0.983. The molecule has 0 amide bonds. The molecule has 0 saturated heterocycles. The molecule has 2 aromatic rings. The third-order valence-corrected chi connectivity index (χ3v) is 4.32. The van der Waals surface area contributed by atoms with E-state index in [9.17, 15) is 0 Å². The first-order valence-electron chi connectivity index (χ1n) is 5.67. The zero-order valence-electron chi connectivity index (χ0n) is 9.55. The van der Waals surface area contributed by atoms with Crippen LogP contribution in [0.5, 0.6) is 0 Å². The number of anilines is 2. The van der Waals surface area contributed by atoms with Gasteiger partial charge < -0.3 is 4.90 Å². The molecule has 2 aromatic carbocycles. The van der Waals surface area contributed by atoms with Crippen molar-refractivity contribution in [1.29, 1.82) is 0 Å². The zero-order valence-corrected chi connectivity index (χ0v) is 11.3. The molecule has 0 fully saturated rings. The molecule has 1 aliphatic heterocycles. The molecule has 1 aliphatic rings. The van der Waals surface area contributed by atoms with Crippen LogP contribution in [0.15, 0.2) is 57.2 Å². The first-order chi connectivity index (χ1) is 8.29. The molecule has 0 aromatic heterocycles. The third kappa shape index (κ3) is 1.83. The summed E-state index contributed by atoms with van der Waals surface area (Å²) in [5.41, 5.74) is 2.59. The molecule has 0 N–H and O–H groups in total. The number of thiol groups is 1. The molecule has 3 rings (SSSR count). The van der Waals surface area contributed by atoms with Crippen LogP contribution in [0.1, 0.15) is 6.92 Å². The van der Waals surface area contributed by atoms with Crippen LogP contribution in [-0.2, 0) is 0 Å². The van der Waals surface area contributed by atoms with Gasteiger partial charge in [0.2, 0.25) is 0 Å². The molecule has 3 heteroatoms. The average molecular weight is 259 g/mol. The second-order valence-electron chi connectivity index (χ2n) is 3.97. The summed E-state index contributed by atoms with van der Waals surface area (Å²) in [7, 11) is 0. The second-order valence-corrected chi connectivity index (χ2v) is 5.57. The summed E-state index contributed by atoms with van der Waals surface area (Å²) in [6.45, 7) is 3.17. The summed E-state index contributed by atoms with van der Waals surface area (Å²) in [4.78, 5) is 5.99. The number of benzene rings is 2. The molecule has 0 saturated carbocycles. The normalized spacial score (nSPS) is 13.2. The van der Waals surface area contributed by atoms with Gasteiger partial charge in [-0.25, -0.2) is 0 Å². The highest BCUT2D eigenvalue weighted by Crippen LogP contribution is 2.48. The van der Waals surface area contributed by atoms with E-state index in [0.717, 1.165) is 11.4 Å². The standard InChI is InChI=1S/C14H13NS2/c1-2-15-11-5-3-4-6-13(11)17-14-9-10(16)7-8-12(14)15/h3-9,16H,2H2,1H3. The Kier molecular flexibility index (Phi) is 2.81. The van der Waals surface area contributed by atoms with Gasteiger partial charge in [0.05, 0.1) is 11.4 Å². The predicted octanol–water partition coefficient (Wildman–Crippen LogP) is 4.60. The predicted molar refractivity (Wildman–Crippen MR) is 76.9 cm³/mol. The Balaban J connectivity index is 2.18. The van der Waals surface area contributed by atoms with Gasteiger partial charge in [0.15, 0.2) is 0 Å². The Morgan fingerprint density at radius 3 is 2.65 bits per heavy atom.